The molecule has 1 aliphatic heterocycles. The van der Waals surface area contributed by atoms with Crippen LogP contribution in [0.3, 0.4) is 0 Å². The van der Waals surface area contributed by atoms with Gasteiger partial charge in [-0.2, -0.15) is 5.26 Å². The number of aromatic nitrogens is 1. The number of nitriles is 1. The van der Waals surface area contributed by atoms with Gasteiger partial charge in [-0.15, -0.1) is 11.3 Å². The van der Waals surface area contributed by atoms with Crippen LogP contribution < -0.4 is 20.7 Å². The van der Waals surface area contributed by atoms with Crippen LogP contribution >= 0.6 is 11.3 Å². The topological polar surface area (TPSA) is 85.5 Å². The molecule has 8 heteroatoms. The molecule has 7 nitrogen and oxygen atoms in total. The minimum atomic E-state index is -0.0816. The molecule has 1 aliphatic rings. The first-order valence-corrected chi connectivity index (χ1v) is 10.2. The van der Waals surface area contributed by atoms with Gasteiger partial charge >= 0.3 is 0 Å². The lowest BCUT2D eigenvalue weighted by molar-refractivity contribution is -0.900. The Hall–Kier alpha value is -2.89. The van der Waals surface area contributed by atoms with Gasteiger partial charge in [0, 0.05) is 23.0 Å². The summed E-state index contributed by atoms with van der Waals surface area (Å²) in [5.41, 5.74) is 7.90. The van der Waals surface area contributed by atoms with Gasteiger partial charge < -0.3 is 15.2 Å². The predicted molar refractivity (Wildman–Crippen MR) is 111 cm³/mol. The molecule has 2 heterocycles. The van der Waals surface area contributed by atoms with Crippen molar-refractivity contribution in [2.45, 2.75) is 13.3 Å². The maximum atomic E-state index is 12.1. The lowest BCUT2D eigenvalue weighted by Gasteiger charge is -2.33. The summed E-state index contributed by atoms with van der Waals surface area (Å²) >= 11 is 1.41. The average molecular weight is 398 g/mol. The van der Waals surface area contributed by atoms with Crippen LogP contribution in [0.2, 0.25) is 0 Å². The standard InChI is InChI=1S/C20H24N6OS/c1-16-15-28-20(23-16)17(13-21)14-22-24-19(27)7-8-25-9-11-26(12-10-25)18-5-3-2-4-6-18/h2-6,14-15,22H,7-12H2,1H3,(H,24,27)/p+1/b17-14+. The smallest absolute Gasteiger partial charge is 0.243 e. The fraction of sp³-hybridized carbons (Fsp3) is 0.350. The fourth-order valence-corrected chi connectivity index (χ4v) is 3.89. The van der Waals surface area contributed by atoms with Gasteiger partial charge in [-0.05, 0) is 19.1 Å². The van der Waals surface area contributed by atoms with Gasteiger partial charge in [0.25, 0.3) is 0 Å². The second kappa shape index (κ2) is 9.88. The Bertz CT molecular complexity index is 849. The highest BCUT2D eigenvalue weighted by Crippen LogP contribution is 2.17. The quantitative estimate of drug-likeness (QED) is 0.474. The molecule has 146 valence electrons. The summed E-state index contributed by atoms with van der Waals surface area (Å²) < 4.78 is 0. The number of hydrogen-bond acceptors (Lipinski definition) is 6. The van der Waals surface area contributed by atoms with Crippen LogP contribution in [0.1, 0.15) is 17.1 Å². The minimum Gasteiger partial charge on any atom is -0.360 e. The van der Waals surface area contributed by atoms with E-state index >= 15 is 0 Å². The number of para-hydroxylation sites is 1. The van der Waals surface area contributed by atoms with Crippen LogP contribution in [0.4, 0.5) is 5.69 Å². The number of nitrogens with one attached hydrogen (secondary N) is 3. The summed E-state index contributed by atoms with van der Waals surface area (Å²) in [4.78, 5) is 20.2. The molecule has 0 aliphatic carbocycles. The van der Waals surface area contributed by atoms with E-state index in [4.69, 9.17) is 0 Å². The number of anilines is 1. The van der Waals surface area contributed by atoms with Crippen molar-refractivity contribution in [2.75, 3.05) is 37.6 Å². The van der Waals surface area contributed by atoms with Gasteiger partial charge in [-0.1, -0.05) is 18.2 Å². The maximum Gasteiger partial charge on any atom is 0.243 e. The highest BCUT2D eigenvalue weighted by atomic mass is 32.1. The zero-order valence-electron chi connectivity index (χ0n) is 15.9. The third kappa shape index (κ3) is 5.55. The SMILES string of the molecule is Cc1csc(/C(C#N)=C/NNC(=O)CC[NH+]2CCN(c3ccccc3)CC2)n1. The first-order chi connectivity index (χ1) is 13.7. The number of nitrogens with zero attached hydrogens (tertiary/aromatic N) is 3. The number of allylic oxidation sites excluding steroid dienone is 1. The van der Waals surface area contributed by atoms with E-state index in [1.54, 1.807) is 0 Å². The number of piperazine rings is 1. The third-order valence-electron chi connectivity index (χ3n) is 4.70. The summed E-state index contributed by atoms with van der Waals surface area (Å²) in [7, 11) is 0. The van der Waals surface area contributed by atoms with Crippen LogP contribution in [-0.4, -0.2) is 43.6 Å². The molecule has 28 heavy (non-hydrogen) atoms. The van der Waals surface area contributed by atoms with Crippen molar-refractivity contribution in [3.8, 4) is 6.07 Å². The van der Waals surface area contributed by atoms with E-state index in [1.165, 1.54) is 28.1 Å². The minimum absolute atomic E-state index is 0.0816. The number of aryl methyl sites for hydroxylation is 1. The summed E-state index contributed by atoms with van der Waals surface area (Å²) in [6, 6.07) is 12.5. The van der Waals surface area contributed by atoms with E-state index in [0.29, 0.717) is 17.0 Å². The number of carbonyl (C=O) groups is 1. The number of rotatable bonds is 7. The Morgan fingerprint density at radius 3 is 2.75 bits per heavy atom. The lowest BCUT2D eigenvalue weighted by atomic mass is 10.2. The van der Waals surface area contributed by atoms with Crippen molar-refractivity contribution in [3.63, 3.8) is 0 Å². The van der Waals surface area contributed by atoms with Crippen molar-refractivity contribution < 1.29 is 9.69 Å². The molecule has 1 amide bonds. The van der Waals surface area contributed by atoms with Crippen molar-refractivity contribution in [2.24, 2.45) is 0 Å². The molecule has 1 aromatic heterocycles. The number of benzene rings is 1. The Morgan fingerprint density at radius 2 is 2.11 bits per heavy atom. The van der Waals surface area contributed by atoms with Gasteiger partial charge in [-0.3, -0.25) is 10.2 Å². The molecule has 0 spiro atoms. The second-order valence-corrected chi connectivity index (χ2v) is 7.59. The van der Waals surface area contributed by atoms with Crippen LogP contribution in [-0.2, 0) is 4.79 Å². The van der Waals surface area contributed by atoms with Gasteiger partial charge in [0.2, 0.25) is 5.91 Å². The summed E-state index contributed by atoms with van der Waals surface area (Å²) in [6.45, 7) is 6.74. The average Bonchev–Trinajstić information content (AvgIpc) is 3.17. The zero-order chi connectivity index (χ0) is 19.8. The largest absolute Gasteiger partial charge is 0.360 e. The van der Waals surface area contributed by atoms with Crippen molar-refractivity contribution in [1.29, 1.82) is 5.26 Å². The van der Waals surface area contributed by atoms with E-state index in [-0.39, 0.29) is 5.91 Å². The summed E-state index contributed by atoms with van der Waals surface area (Å²) in [5.74, 6) is -0.0816. The van der Waals surface area contributed by atoms with Gasteiger partial charge in [0.15, 0.2) is 0 Å². The molecule has 1 aromatic carbocycles. The molecule has 2 aromatic rings. The van der Waals surface area contributed by atoms with Crippen LogP contribution in [0.15, 0.2) is 41.9 Å². The number of quaternary nitrogens is 1. The van der Waals surface area contributed by atoms with Crippen LogP contribution in [0, 0.1) is 18.3 Å². The van der Waals surface area contributed by atoms with E-state index in [2.05, 4.69) is 51.1 Å². The summed E-state index contributed by atoms with van der Waals surface area (Å²) in [6.07, 6.45) is 1.93. The molecule has 0 atom stereocenters. The molecule has 0 saturated carbocycles. The van der Waals surface area contributed by atoms with Crippen molar-refractivity contribution in [1.82, 2.24) is 15.8 Å². The Labute approximate surface area is 169 Å². The number of hydrazine groups is 1. The Kier molecular flexibility index (Phi) is 7.00. The van der Waals surface area contributed by atoms with E-state index in [9.17, 15) is 10.1 Å². The molecule has 3 rings (SSSR count). The number of carbonyl (C=O) groups excluding carboxylic acids is 1. The predicted octanol–water partition coefficient (Wildman–Crippen LogP) is 0.732. The van der Waals surface area contributed by atoms with Gasteiger partial charge in [-0.25, -0.2) is 4.98 Å². The molecule has 0 bridgehead atoms. The van der Waals surface area contributed by atoms with Gasteiger partial charge in [0.05, 0.1) is 39.1 Å². The molecule has 0 unspecified atom stereocenters. The highest BCUT2D eigenvalue weighted by molar-refractivity contribution is 7.10. The monoisotopic (exact) mass is 397 g/mol. The normalized spacial score (nSPS) is 15.1. The van der Waals surface area contributed by atoms with E-state index < -0.39 is 0 Å². The lowest BCUT2D eigenvalue weighted by Crippen LogP contribution is -3.15. The number of hydrogen-bond donors (Lipinski definition) is 3. The van der Waals surface area contributed by atoms with Gasteiger partial charge in [0.1, 0.15) is 16.6 Å². The molecular weight excluding hydrogens is 372 g/mol. The van der Waals surface area contributed by atoms with Crippen LogP contribution in [0.25, 0.3) is 5.57 Å². The van der Waals surface area contributed by atoms with Crippen molar-refractivity contribution >= 4 is 28.5 Å². The number of amides is 1. The molecule has 0 radical (unpaired) electrons. The second-order valence-electron chi connectivity index (χ2n) is 6.73. The van der Waals surface area contributed by atoms with E-state index in [0.717, 1.165) is 38.4 Å². The van der Waals surface area contributed by atoms with Crippen molar-refractivity contribution in [3.05, 3.63) is 52.6 Å². The summed E-state index contributed by atoms with van der Waals surface area (Å²) in [5, 5.41) is 11.7. The molecule has 1 saturated heterocycles. The number of thiazole rings is 1. The fourth-order valence-electron chi connectivity index (χ4n) is 3.13. The third-order valence-corrected chi connectivity index (χ3v) is 5.69. The first kappa shape index (κ1) is 19.9. The molecule has 3 N–H and O–H groups in total. The van der Waals surface area contributed by atoms with E-state index in [1.807, 2.05) is 18.4 Å². The zero-order valence-corrected chi connectivity index (χ0v) is 16.8. The molecular formula is C20H25N6OS+. The maximum absolute atomic E-state index is 12.1. The Balaban J connectivity index is 1.37. The highest BCUT2D eigenvalue weighted by Gasteiger charge is 2.20. The Morgan fingerprint density at radius 1 is 1.36 bits per heavy atom. The molecule has 1 fully saturated rings. The van der Waals surface area contributed by atoms with Crippen LogP contribution in [0.5, 0.6) is 0 Å². The first-order valence-electron chi connectivity index (χ1n) is 9.36.